The van der Waals surface area contributed by atoms with Gasteiger partial charge in [-0.15, -0.1) is 0 Å². The minimum absolute atomic E-state index is 0.0574. The Labute approximate surface area is 111 Å². The van der Waals surface area contributed by atoms with Gasteiger partial charge in [-0.2, -0.15) is 0 Å². The quantitative estimate of drug-likeness (QED) is 0.805. The molecule has 1 amide bonds. The predicted octanol–water partition coefficient (Wildman–Crippen LogP) is 1.30. The van der Waals surface area contributed by atoms with E-state index in [-0.39, 0.29) is 17.9 Å². The first-order valence-electron chi connectivity index (χ1n) is 7.29. The molecule has 0 aromatic rings. The van der Waals surface area contributed by atoms with Gasteiger partial charge in [0.05, 0.1) is 5.92 Å². The molecule has 1 aliphatic rings. The van der Waals surface area contributed by atoms with E-state index in [9.17, 15) is 4.79 Å². The molecule has 0 spiro atoms. The van der Waals surface area contributed by atoms with Crippen molar-refractivity contribution in [3.8, 4) is 0 Å². The lowest BCUT2D eigenvalue weighted by molar-refractivity contribution is -0.137. The Kier molecular flexibility index (Phi) is 6.09. The molecule has 4 heteroatoms. The summed E-state index contributed by atoms with van der Waals surface area (Å²) >= 11 is 0. The molecule has 1 aliphatic heterocycles. The standard InChI is InChI=1S/C14H29N3O/c1-5-16(6-2)13-7-9-17(10-8-13)14(18)11(3)12(4)15/h11-13H,5-10,15H2,1-4H3. The van der Waals surface area contributed by atoms with Gasteiger partial charge in [-0.1, -0.05) is 20.8 Å². The highest BCUT2D eigenvalue weighted by molar-refractivity contribution is 5.79. The number of amides is 1. The van der Waals surface area contributed by atoms with Gasteiger partial charge in [-0.05, 0) is 32.9 Å². The van der Waals surface area contributed by atoms with Gasteiger partial charge >= 0.3 is 0 Å². The van der Waals surface area contributed by atoms with Crippen LogP contribution in [0.3, 0.4) is 0 Å². The average Bonchev–Trinajstić information content (AvgIpc) is 2.39. The van der Waals surface area contributed by atoms with E-state index in [4.69, 9.17) is 5.73 Å². The second-order valence-corrected chi connectivity index (χ2v) is 5.43. The van der Waals surface area contributed by atoms with E-state index in [1.165, 1.54) is 0 Å². The van der Waals surface area contributed by atoms with Crippen LogP contribution < -0.4 is 5.73 Å². The Bertz CT molecular complexity index is 256. The number of carbonyl (C=O) groups excluding carboxylic acids is 1. The number of likely N-dealkylation sites (tertiary alicyclic amines) is 1. The van der Waals surface area contributed by atoms with Gasteiger partial charge in [-0.3, -0.25) is 4.79 Å². The van der Waals surface area contributed by atoms with Gasteiger partial charge in [-0.25, -0.2) is 0 Å². The van der Waals surface area contributed by atoms with Crippen molar-refractivity contribution >= 4 is 5.91 Å². The SMILES string of the molecule is CCN(CC)C1CCN(C(=O)C(C)C(C)N)CC1. The van der Waals surface area contributed by atoms with Crippen molar-refractivity contribution in [1.82, 2.24) is 9.80 Å². The Hall–Kier alpha value is -0.610. The van der Waals surface area contributed by atoms with Crippen LogP contribution in [-0.4, -0.2) is 54.0 Å². The number of rotatable bonds is 5. The zero-order valence-electron chi connectivity index (χ0n) is 12.4. The van der Waals surface area contributed by atoms with Crippen molar-refractivity contribution in [2.24, 2.45) is 11.7 Å². The van der Waals surface area contributed by atoms with Crippen molar-refractivity contribution in [2.45, 2.75) is 52.6 Å². The van der Waals surface area contributed by atoms with Gasteiger partial charge in [0.1, 0.15) is 0 Å². The third-order valence-corrected chi connectivity index (χ3v) is 4.28. The molecule has 2 atom stereocenters. The van der Waals surface area contributed by atoms with Gasteiger partial charge in [0.2, 0.25) is 5.91 Å². The molecule has 0 bridgehead atoms. The van der Waals surface area contributed by atoms with Crippen molar-refractivity contribution in [3.63, 3.8) is 0 Å². The first-order valence-corrected chi connectivity index (χ1v) is 7.29. The third-order valence-electron chi connectivity index (χ3n) is 4.28. The Morgan fingerprint density at radius 1 is 1.28 bits per heavy atom. The lowest BCUT2D eigenvalue weighted by atomic mass is 9.98. The molecule has 0 aromatic carbocycles. The third kappa shape index (κ3) is 3.69. The molecule has 2 unspecified atom stereocenters. The molecular formula is C14H29N3O. The topological polar surface area (TPSA) is 49.6 Å². The van der Waals surface area contributed by atoms with Gasteiger partial charge in [0.15, 0.2) is 0 Å². The predicted molar refractivity (Wildman–Crippen MR) is 75.3 cm³/mol. The Morgan fingerprint density at radius 2 is 1.78 bits per heavy atom. The van der Waals surface area contributed by atoms with E-state index in [1.54, 1.807) is 0 Å². The summed E-state index contributed by atoms with van der Waals surface area (Å²) in [7, 11) is 0. The van der Waals surface area contributed by atoms with Gasteiger partial charge in [0.25, 0.3) is 0 Å². The highest BCUT2D eigenvalue weighted by atomic mass is 16.2. The maximum atomic E-state index is 12.2. The zero-order valence-corrected chi connectivity index (χ0v) is 12.4. The second-order valence-electron chi connectivity index (χ2n) is 5.43. The number of nitrogens with zero attached hydrogens (tertiary/aromatic N) is 2. The summed E-state index contributed by atoms with van der Waals surface area (Å²) in [5.74, 6) is 0.165. The first-order chi connectivity index (χ1) is 8.51. The molecule has 0 radical (unpaired) electrons. The molecule has 1 fully saturated rings. The smallest absolute Gasteiger partial charge is 0.226 e. The van der Waals surface area contributed by atoms with Crippen molar-refractivity contribution < 1.29 is 4.79 Å². The fourth-order valence-electron chi connectivity index (χ4n) is 2.70. The van der Waals surface area contributed by atoms with E-state index in [0.29, 0.717) is 6.04 Å². The van der Waals surface area contributed by atoms with Crippen LogP contribution in [-0.2, 0) is 4.79 Å². The minimum atomic E-state index is -0.0602. The van der Waals surface area contributed by atoms with Crippen LogP contribution >= 0.6 is 0 Å². The summed E-state index contributed by atoms with van der Waals surface area (Å²) < 4.78 is 0. The van der Waals surface area contributed by atoms with Crippen LogP contribution in [0.15, 0.2) is 0 Å². The van der Waals surface area contributed by atoms with Gasteiger partial charge < -0.3 is 15.5 Å². The fraction of sp³-hybridized carbons (Fsp3) is 0.929. The molecule has 2 N–H and O–H groups in total. The monoisotopic (exact) mass is 255 g/mol. The molecule has 4 nitrogen and oxygen atoms in total. The highest BCUT2D eigenvalue weighted by Gasteiger charge is 2.28. The lowest BCUT2D eigenvalue weighted by Crippen LogP contribution is -2.49. The summed E-state index contributed by atoms with van der Waals surface area (Å²) in [5.41, 5.74) is 5.81. The number of hydrogen-bond acceptors (Lipinski definition) is 3. The van der Waals surface area contributed by atoms with Crippen LogP contribution in [0.25, 0.3) is 0 Å². The zero-order chi connectivity index (χ0) is 13.7. The molecule has 0 saturated carbocycles. The van der Waals surface area contributed by atoms with Crippen LogP contribution in [0, 0.1) is 5.92 Å². The Balaban J connectivity index is 2.46. The lowest BCUT2D eigenvalue weighted by Gasteiger charge is -2.38. The highest BCUT2D eigenvalue weighted by Crippen LogP contribution is 2.18. The largest absolute Gasteiger partial charge is 0.342 e. The normalized spacial score (nSPS) is 21.1. The maximum absolute atomic E-state index is 12.2. The van der Waals surface area contributed by atoms with Crippen LogP contribution in [0.1, 0.15) is 40.5 Å². The van der Waals surface area contributed by atoms with E-state index in [0.717, 1.165) is 39.0 Å². The Morgan fingerprint density at radius 3 is 2.17 bits per heavy atom. The summed E-state index contributed by atoms with van der Waals surface area (Å²) in [6.07, 6.45) is 2.19. The molecule has 106 valence electrons. The van der Waals surface area contributed by atoms with Crippen LogP contribution in [0.5, 0.6) is 0 Å². The second kappa shape index (κ2) is 7.10. The first kappa shape index (κ1) is 15.4. The van der Waals surface area contributed by atoms with E-state index >= 15 is 0 Å². The molecule has 18 heavy (non-hydrogen) atoms. The fourth-order valence-corrected chi connectivity index (χ4v) is 2.70. The summed E-state index contributed by atoms with van der Waals surface area (Å²) in [6, 6.07) is 0.590. The van der Waals surface area contributed by atoms with Crippen molar-refractivity contribution in [2.75, 3.05) is 26.2 Å². The van der Waals surface area contributed by atoms with Gasteiger partial charge in [0, 0.05) is 25.2 Å². The number of piperidine rings is 1. The van der Waals surface area contributed by atoms with E-state index in [2.05, 4.69) is 18.7 Å². The molecule has 1 saturated heterocycles. The average molecular weight is 255 g/mol. The van der Waals surface area contributed by atoms with Crippen molar-refractivity contribution in [3.05, 3.63) is 0 Å². The van der Waals surface area contributed by atoms with Crippen molar-refractivity contribution in [1.29, 1.82) is 0 Å². The molecule has 1 rings (SSSR count). The summed E-state index contributed by atoms with van der Waals surface area (Å²) in [6.45, 7) is 12.2. The molecule has 0 aromatic heterocycles. The summed E-state index contributed by atoms with van der Waals surface area (Å²) in [4.78, 5) is 16.7. The summed E-state index contributed by atoms with van der Waals surface area (Å²) in [5, 5.41) is 0. The van der Waals surface area contributed by atoms with Crippen LogP contribution in [0.4, 0.5) is 0 Å². The number of hydrogen-bond donors (Lipinski definition) is 1. The van der Waals surface area contributed by atoms with Crippen LogP contribution in [0.2, 0.25) is 0 Å². The molecule has 1 heterocycles. The number of nitrogens with two attached hydrogens (primary N) is 1. The molecule has 0 aliphatic carbocycles. The minimum Gasteiger partial charge on any atom is -0.342 e. The van der Waals surface area contributed by atoms with E-state index in [1.807, 2.05) is 18.7 Å². The number of carbonyl (C=O) groups is 1. The molecular weight excluding hydrogens is 226 g/mol. The van der Waals surface area contributed by atoms with E-state index < -0.39 is 0 Å². The maximum Gasteiger partial charge on any atom is 0.226 e.